The van der Waals surface area contributed by atoms with Crippen molar-refractivity contribution in [2.75, 3.05) is 17.2 Å². The van der Waals surface area contributed by atoms with Crippen LogP contribution < -0.4 is 10.6 Å². The zero-order valence-corrected chi connectivity index (χ0v) is 22.4. The van der Waals surface area contributed by atoms with Crippen LogP contribution in [0.25, 0.3) is 0 Å². The van der Waals surface area contributed by atoms with E-state index in [4.69, 9.17) is 11.6 Å². The number of fused-ring (bicyclic) bond motifs is 1. The van der Waals surface area contributed by atoms with E-state index in [9.17, 15) is 19.5 Å². The normalized spacial score (nSPS) is 14.2. The van der Waals surface area contributed by atoms with E-state index in [1.165, 1.54) is 23.5 Å². The van der Waals surface area contributed by atoms with Gasteiger partial charge in [-0.1, -0.05) is 24.6 Å². The fourth-order valence-corrected chi connectivity index (χ4v) is 5.31. The fraction of sp³-hybridized carbons (Fsp3) is 0.333. The maximum atomic E-state index is 13.2. The Balaban J connectivity index is 1.51. The largest absolute Gasteiger partial charge is 0.478 e. The van der Waals surface area contributed by atoms with Gasteiger partial charge in [-0.15, -0.1) is 11.3 Å². The molecule has 3 aromatic rings. The first-order valence-corrected chi connectivity index (χ1v) is 13.3. The zero-order chi connectivity index (χ0) is 26.7. The summed E-state index contributed by atoms with van der Waals surface area (Å²) < 4.78 is 0. The summed E-state index contributed by atoms with van der Waals surface area (Å²) in [6.45, 7) is 7.73. The average Bonchev–Trinajstić information content (AvgIpc) is 3.30. The Hall–Kier alpha value is -3.27. The first-order valence-electron chi connectivity index (χ1n) is 12.1. The van der Waals surface area contributed by atoms with Gasteiger partial charge in [0.1, 0.15) is 0 Å². The van der Waals surface area contributed by atoms with Crippen molar-refractivity contribution in [3.63, 3.8) is 0 Å². The number of aromatic nitrogens is 1. The topological polar surface area (TPSA) is 112 Å². The second-order valence-electron chi connectivity index (χ2n) is 9.44. The van der Waals surface area contributed by atoms with E-state index >= 15 is 0 Å². The third kappa shape index (κ3) is 6.54. The number of halogens is 1. The second-order valence-corrected chi connectivity index (χ2v) is 11.0. The van der Waals surface area contributed by atoms with Gasteiger partial charge in [-0.3, -0.25) is 14.5 Å². The van der Waals surface area contributed by atoms with E-state index in [-0.39, 0.29) is 11.5 Å². The quantitative estimate of drug-likeness (QED) is 0.356. The molecule has 0 aliphatic carbocycles. The molecule has 10 heteroatoms. The van der Waals surface area contributed by atoms with Crippen molar-refractivity contribution in [3.8, 4) is 0 Å². The van der Waals surface area contributed by atoms with Crippen LogP contribution in [0.4, 0.5) is 11.4 Å². The summed E-state index contributed by atoms with van der Waals surface area (Å²) in [4.78, 5) is 45.5. The number of hydrogen-bond donors (Lipinski definition) is 3. The molecule has 1 unspecified atom stereocenters. The smallest absolute Gasteiger partial charge is 0.335 e. The average molecular weight is 541 g/mol. The molecule has 2 heterocycles. The number of aromatic carboxylic acids is 1. The van der Waals surface area contributed by atoms with Crippen LogP contribution in [0.2, 0.25) is 5.02 Å². The Kier molecular flexibility index (Phi) is 8.26. The van der Waals surface area contributed by atoms with Crippen LogP contribution in [0.15, 0.2) is 42.5 Å². The highest BCUT2D eigenvalue weighted by molar-refractivity contribution is 7.13. The molecular formula is C27H29ClN4O4S. The van der Waals surface area contributed by atoms with E-state index in [2.05, 4.69) is 34.4 Å². The molecule has 4 rings (SSSR count). The van der Waals surface area contributed by atoms with Crippen molar-refractivity contribution in [3.05, 3.63) is 74.2 Å². The third-order valence-corrected chi connectivity index (χ3v) is 7.71. The van der Waals surface area contributed by atoms with Crippen molar-refractivity contribution < 1.29 is 19.5 Å². The Morgan fingerprint density at radius 2 is 1.84 bits per heavy atom. The third-order valence-electron chi connectivity index (χ3n) is 6.38. The summed E-state index contributed by atoms with van der Waals surface area (Å²) >= 11 is 7.28. The number of nitrogens with zero attached hydrogens (tertiary/aromatic N) is 2. The standard InChI is InChI=1S/C27H29ClN4O4S/c1-15(2)32-11-10-21-23(14-32)37-26(31-21)25(34)30-22-13-18(27(35)36)5-4-17(22)12-16(3)24(33)29-20-8-6-19(28)7-9-20/h4-9,13,15-16H,10-12,14H2,1-3H3,(H,29,33)(H,30,34)(H,35,36). The van der Waals surface area contributed by atoms with E-state index < -0.39 is 17.8 Å². The Bertz CT molecular complexity index is 1320. The Labute approximate surface area is 224 Å². The summed E-state index contributed by atoms with van der Waals surface area (Å²) in [6, 6.07) is 11.8. The number of rotatable bonds is 8. The first-order chi connectivity index (χ1) is 17.6. The van der Waals surface area contributed by atoms with E-state index in [1.54, 1.807) is 37.3 Å². The number of benzene rings is 2. The van der Waals surface area contributed by atoms with Gasteiger partial charge in [0.05, 0.1) is 11.3 Å². The molecule has 0 spiro atoms. The maximum Gasteiger partial charge on any atom is 0.335 e. The molecule has 2 amide bonds. The summed E-state index contributed by atoms with van der Waals surface area (Å²) in [7, 11) is 0. The highest BCUT2D eigenvalue weighted by atomic mass is 35.5. The van der Waals surface area contributed by atoms with Crippen LogP contribution in [-0.4, -0.2) is 45.4 Å². The van der Waals surface area contributed by atoms with Gasteiger partial charge in [-0.25, -0.2) is 9.78 Å². The molecule has 0 bridgehead atoms. The second kappa shape index (κ2) is 11.4. The lowest BCUT2D eigenvalue weighted by Gasteiger charge is -2.29. The van der Waals surface area contributed by atoms with Crippen molar-refractivity contribution in [1.29, 1.82) is 0 Å². The van der Waals surface area contributed by atoms with Gasteiger partial charge in [-0.2, -0.15) is 0 Å². The van der Waals surface area contributed by atoms with E-state index in [1.807, 2.05) is 0 Å². The monoisotopic (exact) mass is 540 g/mol. The Morgan fingerprint density at radius 3 is 2.51 bits per heavy atom. The summed E-state index contributed by atoms with van der Waals surface area (Å²) in [5.74, 6) is -2.15. The summed E-state index contributed by atoms with van der Waals surface area (Å²) in [6.07, 6.45) is 1.09. The van der Waals surface area contributed by atoms with Crippen molar-refractivity contribution in [2.45, 2.75) is 46.2 Å². The minimum absolute atomic E-state index is 0.0447. The fourth-order valence-electron chi connectivity index (χ4n) is 4.15. The van der Waals surface area contributed by atoms with Crippen LogP contribution in [-0.2, 0) is 24.2 Å². The number of carbonyl (C=O) groups is 3. The van der Waals surface area contributed by atoms with Crippen molar-refractivity contribution in [2.24, 2.45) is 5.92 Å². The van der Waals surface area contributed by atoms with Crippen LogP contribution in [0.3, 0.4) is 0 Å². The number of amides is 2. The number of carbonyl (C=O) groups excluding carboxylic acids is 2. The number of hydrogen-bond acceptors (Lipinski definition) is 6. The van der Waals surface area contributed by atoms with Crippen molar-refractivity contribution >= 4 is 52.1 Å². The summed E-state index contributed by atoms with van der Waals surface area (Å²) in [5, 5.41) is 16.1. The molecule has 1 aliphatic heterocycles. The first kappa shape index (κ1) is 26.8. The SMILES string of the molecule is CC(Cc1ccc(C(=O)O)cc1NC(=O)c1nc2c(s1)CN(C(C)C)CC2)C(=O)Nc1ccc(Cl)cc1. The minimum atomic E-state index is -1.10. The van der Waals surface area contributed by atoms with Gasteiger partial charge in [0.2, 0.25) is 5.91 Å². The molecule has 0 saturated heterocycles. The van der Waals surface area contributed by atoms with E-state index in [0.717, 1.165) is 30.1 Å². The molecule has 1 atom stereocenters. The molecule has 2 aromatic carbocycles. The predicted octanol–water partition coefficient (Wildman–Crippen LogP) is 5.33. The number of thiazole rings is 1. The van der Waals surface area contributed by atoms with Gasteiger partial charge in [0.15, 0.2) is 5.01 Å². The molecule has 0 radical (unpaired) electrons. The molecule has 194 valence electrons. The number of nitrogens with one attached hydrogen (secondary N) is 2. The lowest BCUT2D eigenvalue weighted by molar-refractivity contribution is -0.119. The highest BCUT2D eigenvalue weighted by Gasteiger charge is 2.25. The molecule has 37 heavy (non-hydrogen) atoms. The van der Waals surface area contributed by atoms with Crippen molar-refractivity contribution in [1.82, 2.24) is 9.88 Å². The molecular weight excluding hydrogens is 512 g/mol. The number of anilines is 2. The molecule has 1 aromatic heterocycles. The molecule has 0 fully saturated rings. The molecule has 0 saturated carbocycles. The number of carboxylic acids is 1. The lowest BCUT2D eigenvalue weighted by Crippen LogP contribution is -2.35. The van der Waals surface area contributed by atoms with Gasteiger partial charge < -0.3 is 15.7 Å². The van der Waals surface area contributed by atoms with Crippen LogP contribution in [0.5, 0.6) is 0 Å². The van der Waals surface area contributed by atoms with E-state index in [0.29, 0.717) is 39.4 Å². The maximum absolute atomic E-state index is 13.2. The minimum Gasteiger partial charge on any atom is -0.478 e. The van der Waals surface area contributed by atoms with Crippen LogP contribution in [0.1, 0.15) is 57.1 Å². The molecule has 8 nitrogen and oxygen atoms in total. The lowest BCUT2D eigenvalue weighted by atomic mass is 9.97. The molecule has 3 N–H and O–H groups in total. The van der Waals surface area contributed by atoms with Gasteiger partial charge in [-0.05, 0) is 62.2 Å². The molecule has 1 aliphatic rings. The Morgan fingerprint density at radius 1 is 1.11 bits per heavy atom. The predicted molar refractivity (Wildman–Crippen MR) is 146 cm³/mol. The van der Waals surface area contributed by atoms with Gasteiger partial charge >= 0.3 is 5.97 Å². The van der Waals surface area contributed by atoms with Crippen LogP contribution >= 0.6 is 22.9 Å². The summed E-state index contributed by atoms with van der Waals surface area (Å²) in [5.41, 5.74) is 2.62. The van der Waals surface area contributed by atoms with Gasteiger partial charge in [0, 0.05) is 52.7 Å². The van der Waals surface area contributed by atoms with Gasteiger partial charge in [0.25, 0.3) is 5.91 Å². The number of carboxylic acid groups (broad SMARTS) is 1. The zero-order valence-electron chi connectivity index (χ0n) is 20.9. The highest BCUT2D eigenvalue weighted by Crippen LogP contribution is 2.28. The van der Waals surface area contributed by atoms with Crippen LogP contribution in [0, 0.1) is 5.92 Å².